The van der Waals surface area contributed by atoms with Crippen molar-refractivity contribution in [1.82, 2.24) is 15.5 Å². The van der Waals surface area contributed by atoms with E-state index in [1.165, 1.54) is 12.8 Å². The molecule has 1 rings (SSSR count). The Kier molecular flexibility index (Phi) is 11.2. The number of guanidine groups is 1. The highest BCUT2D eigenvalue weighted by atomic mass is 127. The quantitative estimate of drug-likeness (QED) is 0.371. The van der Waals surface area contributed by atoms with Crippen molar-refractivity contribution in [3.63, 3.8) is 0 Å². The fourth-order valence-electron chi connectivity index (χ4n) is 2.63. The summed E-state index contributed by atoms with van der Waals surface area (Å²) in [5.41, 5.74) is 0. The van der Waals surface area contributed by atoms with Gasteiger partial charge in [-0.1, -0.05) is 6.92 Å². The van der Waals surface area contributed by atoms with Gasteiger partial charge in [0.05, 0.1) is 13.0 Å². The number of piperidine rings is 1. The number of hydrogen-bond acceptors (Lipinski definition) is 2. The van der Waals surface area contributed by atoms with E-state index in [-0.39, 0.29) is 30.5 Å². The summed E-state index contributed by atoms with van der Waals surface area (Å²) in [6.07, 6.45) is -2.51. The lowest BCUT2D eigenvalue weighted by Crippen LogP contribution is -2.43. The standard InChI is InChI=1S/C15H29F3N4.HI/c1-4-19-14(20-8-7-15(16,17)18)21-10-13(3)22-9-5-6-12(2)11-22;/h12-13H,4-11H2,1-3H3,(H2,19,20,21);1H. The molecule has 0 spiro atoms. The van der Waals surface area contributed by atoms with E-state index >= 15 is 0 Å². The van der Waals surface area contributed by atoms with Gasteiger partial charge in [0.1, 0.15) is 0 Å². The number of nitrogens with one attached hydrogen (secondary N) is 2. The summed E-state index contributed by atoms with van der Waals surface area (Å²) in [5.74, 6) is 1.17. The van der Waals surface area contributed by atoms with Crippen LogP contribution in [0.25, 0.3) is 0 Å². The second kappa shape index (κ2) is 11.3. The molecule has 0 aromatic carbocycles. The third-order valence-corrected chi connectivity index (χ3v) is 3.87. The molecule has 2 unspecified atom stereocenters. The van der Waals surface area contributed by atoms with Crippen LogP contribution in [0.2, 0.25) is 0 Å². The van der Waals surface area contributed by atoms with E-state index in [9.17, 15) is 13.2 Å². The first-order valence-electron chi connectivity index (χ1n) is 8.14. The smallest absolute Gasteiger partial charge is 0.357 e. The molecule has 0 aromatic rings. The fraction of sp³-hybridized carbons (Fsp3) is 0.933. The molecule has 1 saturated heterocycles. The van der Waals surface area contributed by atoms with E-state index in [1.54, 1.807) is 0 Å². The van der Waals surface area contributed by atoms with Gasteiger partial charge in [-0.25, -0.2) is 0 Å². The average molecular weight is 450 g/mol. The van der Waals surface area contributed by atoms with E-state index in [0.29, 0.717) is 31.0 Å². The summed E-state index contributed by atoms with van der Waals surface area (Å²) >= 11 is 0. The number of likely N-dealkylation sites (tertiary alicyclic amines) is 1. The first-order valence-corrected chi connectivity index (χ1v) is 8.14. The third-order valence-electron chi connectivity index (χ3n) is 3.87. The molecule has 0 bridgehead atoms. The maximum atomic E-state index is 12.2. The molecule has 4 nitrogen and oxygen atoms in total. The number of halogens is 4. The second-order valence-corrected chi connectivity index (χ2v) is 6.10. The number of aliphatic imine (C=N–C) groups is 1. The highest BCUT2D eigenvalue weighted by molar-refractivity contribution is 14.0. The minimum Gasteiger partial charge on any atom is -0.357 e. The predicted octanol–water partition coefficient (Wildman–Crippen LogP) is 3.23. The summed E-state index contributed by atoms with van der Waals surface area (Å²) in [6.45, 7) is 9.52. The number of nitrogens with zero attached hydrogens (tertiary/aromatic N) is 2. The maximum absolute atomic E-state index is 12.2. The zero-order chi connectivity index (χ0) is 16.6. The van der Waals surface area contributed by atoms with Crippen molar-refractivity contribution >= 4 is 29.9 Å². The Hall–Kier alpha value is -0.250. The summed E-state index contributed by atoms with van der Waals surface area (Å²) in [6, 6.07) is 0.306. The van der Waals surface area contributed by atoms with E-state index in [2.05, 4.69) is 34.4 Å². The molecule has 0 amide bonds. The molecule has 0 aromatic heterocycles. The molecule has 1 aliphatic rings. The van der Waals surface area contributed by atoms with Crippen LogP contribution in [0.15, 0.2) is 4.99 Å². The molecule has 23 heavy (non-hydrogen) atoms. The lowest BCUT2D eigenvalue weighted by atomic mass is 9.99. The predicted molar refractivity (Wildman–Crippen MR) is 99.5 cm³/mol. The van der Waals surface area contributed by atoms with E-state index in [1.807, 2.05) is 6.92 Å². The second-order valence-electron chi connectivity index (χ2n) is 6.10. The van der Waals surface area contributed by atoms with Gasteiger partial charge in [0, 0.05) is 25.7 Å². The van der Waals surface area contributed by atoms with Crippen molar-refractivity contribution in [2.75, 3.05) is 32.7 Å². The highest BCUT2D eigenvalue weighted by Gasteiger charge is 2.26. The molecule has 0 saturated carbocycles. The molecule has 1 aliphatic heterocycles. The number of hydrogen-bond donors (Lipinski definition) is 2. The van der Waals surface area contributed by atoms with Crippen LogP contribution in [0.3, 0.4) is 0 Å². The molecular formula is C15H30F3IN4. The molecule has 2 atom stereocenters. The van der Waals surface area contributed by atoms with Crippen LogP contribution in [0.1, 0.15) is 40.0 Å². The van der Waals surface area contributed by atoms with Gasteiger partial charge >= 0.3 is 6.18 Å². The first kappa shape index (κ1) is 22.8. The van der Waals surface area contributed by atoms with Crippen LogP contribution >= 0.6 is 24.0 Å². The Bertz CT molecular complexity index is 350. The Morgan fingerprint density at radius 1 is 1.35 bits per heavy atom. The summed E-state index contributed by atoms with van der Waals surface area (Å²) in [5, 5.41) is 5.73. The van der Waals surface area contributed by atoms with Crippen LogP contribution in [0, 0.1) is 5.92 Å². The third kappa shape index (κ3) is 10.3. The van der Waals surface area contributed by atoms with Crippen molar-refractivity contribution < 1.29 is 13.2 Å². The zero-order valence-corrected chi connectivity index (χ0v) is 16.6. The van der Waals surface area contributed by atoms with Gasteiger partial charge in [-0.3, -0.25) is 9.89 Å². The molecule has 138 valence electrons. The number of alkyl halides is 3. The lowest BCUT2D eigenvalue weighted by Gasteiger charge is -2.35. The molecule has 8 heteroatoms. The summed E-state index contributed by atoms with van der Waals surface area (Å²) in [4.78, 5) is 6.83. The Labute approximate surface area is 154 Å². The van der Waals surface area contributed by atoms with Crippen molar-refractivity contribution in [2.45, 2.75) is 52.3 Å². The van der Waals surface area contributed by atoms with Gasteiger partial charge in [-0.2, -0.15) is 13.2 Å². The zero-order valence-electron chi connectivity index (χ0n) is 14.2. The Morgan fingerprint density at radius 2 is 2.04 bits per heavy atom. The Balaban J connectivity index is 0.00000484. The van der Waals surface area contributed by atoms with Crippen LogP contribution in [0.4, 0.5) is 13.2 Å². The Morgan fingerprint density at radius 3 is 2.61 bits per heavy atom. The van der Waals surface area contributed by atoms with E-state index in [0.717, 1.165) is 13.1 Å². The van der Waals surface area contributed by atoms with Crippen molar-refractivity contribution in [3.8, 4) is 0 Å². The first-order chi connectivity index (χ1) is 10.3. The normalized spacial score (nSPS) is 21.5. The SMILES string of the molecule is CCNC(=NCC(C)N1CCCC(C)C1)NCCC(F)(F)F.I. The van der Waals surface area contributed by atoms with Gasteiger partial charge < -0.3 is 10.6 Å². The molecule has 2 N–H and O–H groups in total. The highest BCUT2D eigenvalue weighted by Crippen LogP contribution is 2.18. The van der Waals surface area contributed by atoms with Crippen LogP contribution in [-0.2, 0) is 0 Å². The molecular weight excluding hydrogens is 420 g/mol. The van der Waals surface area contributed by atoms with Crippen LogP contribution in [0.5, 0.6) is 0 Å². The van der Waals surface area contributed by atoms with Gasteiger partial charge in [0.25, 0.3) is 0 Å². The monoisotopic (exact) mass is 450 g/mol. The van der Waals surface area contributed by atoms with Crippen molar-refractivity contribution in [2.24, 2.45) is 10.9 Å². The van der Waals surface area contributed by atoms with Crippen LogP contribution < -0.4 is 10.6 Å². The number of rotatable bonds is 6. The maximum Gasteiger partial charge on any atom is 0.390 e. The van der Waals surface area contributed by atoms with Gasteiger partial charge in [0.2, 0.25) is 0 Å². The van der Waals surface area contributed by atoms with E-state index < -0.39 is 12.6 Å². The molecule has 0 radical (unpaired) electrons. The topological polar surface area (TPSA) is 39.7 Å². The van der Waals surface area contributed by atoms with Crippen molar-refractivity contribution in [1.29, 1.82) is 0 Å². The largest absolute Gasteiger partial charge is 0.390 e. The minimum absolute atomic E-state index is 0. The molecule has 0 aliphatic carbocycles. The molecule has 1 heterocycles. The summed E-state index contributed by atoms with van der Waals surface area (Å²) in [7, 11) is 0. The van der Waals surface area contributed by atoms with Gasteiger partial charge in [-0.15, -0.1) is 24.0 Å². The fourth-order valence-corrected chi connectivity index (χ4v) is 2.63. The van der Waals surface area contributed by atoms with Crippen molar-refractivity contribution in [3.05, 3.63) is 0 Å². The minimum atomic E-state index is -4.14. The lowest BCUT2D eigenvalue weighted by molar-refractivity contribution is -0.132. The van der Waals surface area contributed by atoms with Gasteiger partial charge in [-0.05, 0) is 39.2 Å². The molecule has 1 fully saturated rings. The van der Waals surface area contributed by atoms with E-state index in [4.69, 9.17) is 0 Å². The van der Waals surface area contributed by atoms with Gasteiger partial charge in [0.15, 0.2) is 5.96 Å². The van der Waals surface area contributed by atoms with Crippen LogP contribution in [-0.4, -0.2) is 55.8 Å². The average Bonchev–Trinajstić information content (AvgIpc) is 2.43. The summed E-state index contributed by atoms with van der Waals surface area (Å²) < 4.78 is 36.5.